The van der Waals surface area contributed by atoms with Crippen molar-refractivity contribution in [2.75, 3.05) is 19.7 Å². The summed E-state index contributed by atoms with van der Waals surface area (Å²) in [7, 11) is 0. The number of aliphatic hydroxyl groups excluding tert-OH is 1. The average molecular weight is 524 g/mol. The van der Waals surface area contributed by atoms with Crippen LogP contribution in [0.5, 0.6) is 11.5 Å². The number of aromatic amines is 1. The van der Waals surface area contributed by atoms with Gasteiger partial charge in [-0.15, -0.1) is 0 Å². The van der Waals surface area contributed by atoms with Gasteiger partial charge >= 0.3 is 5.92 Å². The first-order valence-corrected chi connectivity index (χ1v) is 11.9. The van der Waals surface area contributed by atoms with Crippen LogP contribution in [0.15, 0.2) is 77.6 Å². The zero-order valence-corrected chi connectivity index (χ0v) is 20.3. The Hall–Kier alpha value is -4.28. The molecule has 0 bridgehead atoms. The summed E-state index contributed by atoms with van der Waals surface area (Å²) in [5.74, 6) is -3.89. The summed E-state index contributed by atoms with van der Waals surface area (Å²) in [4.78, 5) is 25.4. The van der Waals surface area contributed by atoms with Crippen molar-refractivity contribution in [1.82, 2.24) is 10.3 Å². The van der Waals surface area contributed by atoms with E-state index in [-0.39, 0.29) is 40.2 Å². The number of hydrogen-bond acceptors (Lipinski definition) is 6. The topological polar surface area (TPSA) is 138 Å². The molecule has 0 aliphatic rings. The average Bonchev–Trinajstić information content (AvgIpc) is 2.91. The number of nitrogens with two attached hydrogens (primary N) is 1. The van der Waals surface area contributed by atoms with Gasteiger partial charge in [0.25, 0.3) is 0 Å². The van der Waals surface area contributed by atoms with Gasteiger partial charge in [-0.25, -0.2) is 0 Å². The van der Waals surface area contributed by atoms with Crippen LogP contribution in [0.3, 0.4) is 0 Å². The summed E-state index contributed by atoms with van der Waals surface area (Å²) in [6, 6.07) is 17.7. The number of ether oxygens (including phenoxy) is 1. The van der Waals surface area contributed by atoms with E-state index < -0.39 is 24.5 Å². The zero-order valence-electron chi connectivity index (χ0n) is 20.3. The lowest BCUT2D eigenvalue weighted by molar-refractivity contribution is -0.0467. The Morgan fingerprint density at radius 3 is 2.58 bits per heavy atom. The monoisotopic (exact) mass is 523 g/mol. The van der Waals surface area contributed by atoms with E-state index in [0.717, 1.165) is 11.6 Å². The van der Waals surface area contributed by atoms with Gasteiger partial charge in [0.2, 0.25) is 11.5 Å². The van der Waals surface area contributed by atoms with Crippen LogP contribution >= 0.6 is 0 Å². The maximum Gasteiger partial charge on any atom is 0.306 e. The van der Waals surface area contributed by atoms with Gasteiger partial charge < -0.3 is 31.0 Å². The lowest BCUT2D eigenvalue weighted by atomic mass is 10.0. The number of carbonyl (C=O) groups excluding carboxylic acids is 1. The maximum absolute atomic E-state index is 14.5. The highest BCUT2D eigenvalue weighted by Crippen LogP contribution is 2.30. The second kappa shape index (κ2) is 11.4. The quantitative estimate of drug-likeness (QED) is 0.191. The van der Waals surface area contributed by atoms with Gasteiger partial charge in [-0.2, -0.15) is 8.78 Å². The number of fused-ring (bicyclic) bond motifs is 1. The molecule has 0 radical (unpaired) electrons. The van der Waals surface area contributed by atoms with Gasteiger partial charge in [-0.05, 0) is 60.5 Å². The van der Waals surface area contributed by atoms with Crippen molar-refractivity contribution in [2.24, 2.45) is 5.73 Å². The molecule has 38 heavy (non-hydrogen) atoms. The standard InChI is InChI=1S/C28H27F2N3O5/c29-28(30,19-3-1-2-18(14-19)27(31)37)16-38-20-6-4-17(5-7-20)12-13-32-15-24(35)21-8-10-23(34)26-22(21)9-11-25(36)33-26/h1-11,14,24,32,34-35H,12-13,15-16H2,(H2,31,37)(H,33,36). The van der Waals surface area contributed by atoms with Crippen molar-refractivity contribution in [3.8, 4) is 11.5 Å². The smallest absolute Gasteiger partial charge is 0.306 e. The molecule has 1 unspecified atom stereocenters. The summed E-state index contributed by atoms with van der Waals surface area (Å²) in [6.45, 7) is -0.113. The molecule has 0 fully saturated rings. The Balaban J connectivity index is 1.27. The number of phenolic OH excluding ortho intramolecular Hbond substituents is 1. The summed E-state index contributed by atoms with van der Waals surface area (Å²) >= 11 is 0. The number of amides is 1. The molecule has 0 saturated heterocycles. The highest BCUT2D eigenvalue weighted by molar-refractivity contribution is 5.93. The van der Waals surface area contributed by atoms with Crippen LogP contribution in [-0.4, -0.2) is 40.8 Å². The Morgan fingerprint density at radius 2 is 1.84 bits per heavy atom. The molecule has 3 aromatic carbocycles. The number of aliphatic hydroxyl groups is 1. The van der Waals surface area contributed by atoms with Gasteiger partial charge in [-0.3, -0.25) is 9.59 Å². The minimum absolute atomic E-state index is 0.000385. The molecule has 1 heterocycles. The number of hydrogen-bond donors (Lipinski definition) is 5. The third kappa shape index (κ3) is 6.34. The number of aromatic nitrogens is 1. The molecule has 8 nitrogen and oxygen atoms in total. The molecule has 0 aliphatic carbocycles. The van der Waals surface area contributed by atoms with Gasteiger partial charge in [0.15, 0.2) is 6.61 Å². The second-order valence-corrected chi connectivity index (χ2v) is 8.84. The number of rotatable bonds is 11. The zero-order chi connectivity index (χ0) is 27.3. The lowest BCUT2D eigenvalue weighted by Crippen LogP contribution is -2.24. The molecule has 10 heteroatoms. The van der Waals surface area contributed by atoms with E-state index in [1.807, 2.05) is 0 Å². The van der Waals surface area contributed by atoms with Gasteiger partial charge in [0, 0.05) is 29.1 Å². The van der Waals surface area contributed by atoms with Crippen LogP contribution in [0.2, 0.25) is 0 Å². The Labute approximate surface area is 216 Å². The van der Waals surface area contributed by atoms with Crippen molar-refractivity contribution in [2.45, 2.75) is 18.4 Å². The fourth-order valence-corrected chi connectivity index (χ4v) is 4.04. The van der Waals surface area contributed by atoms with E-state index in [1.165, 1.54) is 30.3 Å². The first kappa shape index (κ1) is 26.8. The molecule has 0 spiro atoms. The largest absolute Gasteiger partial charge is 0.506 e. The van der Waals surface area contributed by atoms with E-state index >= 15 is 0 Å². The fraction of sp³-hybridized carbons (Fsp3) is 0.214. The van der Waals surface area contributed by atoms with Crippen molar-refractivity contribution in [1.29, 1.82) is 0 Å². The normalized spacial score (nSPS) is 12.4. The molecular formula is C28H27F2N3O5. The van der Waals surface area contributed by atoms with Gasteiger partial charge in [-0.1, -0.05) is 30.3 Å². The first-order valence-electron chi connectivity index (χ1n) is 11.9. The number of carbonyl (C=O) groups is 1. The highest BCUT2D eigenvalue weighted by Gasteiger charge is 2.33. The van der Waals surface area contributed by atoms with Crippen LogP contribution in [0.1, 0.15) is 33.2 Å². The number of benzene rings is 3. The number of halogens is 2. The number of nitrogens with one attached hydrogen (secondary N) is 2. The van der Waals surface area contributed by atoms with Crippen molar-refractivity contribution in [3.05, 3.63) is 105 Å². The lowest BCUT2D eigenvalue weighted by Gasteiger charge is -2.18. The number of aromatic hydroxyl groups is 1. The minimum atomic E-state index is -3.31. The number of alkyl halides is 2. The Bertz CT molecular complexity index is 1490. The van der Waals surface area contributed by atoms with Crippen LogP contribution < -0.4 is 21.3 Å². The highest BCUT2D eigenvalue weighted by atomic mass is 19.3. The summed E-state index contributed by atoms with van der Waals surface area (Å²) in [5.41, 5.74) is 6.25. The van der Waals surface area contributed by atoms with Crippen molar-refractivity contribution in [3.63, 3.8) is 0 Å². The van der Waals surface area contributed by atoms with Crippen molar-refractivity contribution < 1.29 is 28.5 Å². The molecule has 6 N–H and O–H groups in total. The molecule has 4 rings (SSSR count). The summed E-state index contributed by atoms with van der Waals surface area (Å²) < 4.78 is 34.4. The third-order valence-corrected chi connectivity index (χ3v) is 6.11. The Kier molecular flexibility index (Phi) is 8.04. The van der Waals surface area contributed by atoms with E-state index in [1.54, 1.807) is 36.4 Å². The molecule has 0 saturated carbocycles. The summed E-state index contributed by atoms with van der Waals surface area (Å²) in [6.07, 6.45) is -0.252. The number of H-pyrrole nitrogens is 1. The minimum Gasteiger partial charge on any atom is -0.506 e. The molecular weight excluding hydrogens is 496 g/mol. The van der Waals surface area contributed by atoms with Crippen LogP contribution in [0, 0.1) is 0 Å². The predicted octanol–water partition coefficient (Wildman–Crippen LogP) is 3.37. The molecule has 1 aromatic heterocycles. The summed E-state index contributed by atoms with van der Waals surface area (Å²) in [5, 5.41) is 24.3. The van der Waals surface area contributed by atoms with Gasteiger partial charge in [0.05, 0.1) is 11.6 Å². The van der Waals surface area contributed by atoms with Gasteiger partial charge in [0.1, 0.15) is 11.5 Å². The van der Waals surface area contributed by atoms with Crippen LogP contribution in [-0.2, 0) is 12.3 Å². The van der Waals surface area contributed by atoms with Crippen LogP contribution in [0.25, 0.3) is 10.9 Å². The SMILES string of the molecule is NC(=O)c1cccc(C(F)(F)COc2ccc(CCNCC(O)c3ccc(O)c4[nH]c(=O)ccc34)cc2)c1. The van der Waals surface area contributed by atoms with Crippen LogP contribution in [0.4, 0.5) is 8.78 Å². The van der Waals surface area contributed by atoms with E-state index in [4.69, 9.17) is 10.5 Å². The third-order valence-electron chi connectivity index (χ3n) is 6.11. The maximum atomic E-state index is 14.5. The molecule has 1 amide bonds. The molecule has 198 valence electrons. The van der Waals surface area contributed by atoms with Crippen molar-refractivity contribution >= 4 is 16.8 Å². The number of primary amides is 1. The second-order valence-electron chi connectivity index (χ2n) is 8.84. The number of phenols is 1. The predicted molar refractivity (Wildman–Crippen MR) is 139 cm³/mol. The van der Waals surface area contributed by atoms with E-state index in [0.29, 0.717) is 23.9 Å². The Morgan fingerprint density at radius 1 is 1.08 bits per heavy atom. The molecule has 4 aromatic rings. The first-order chi connectivity index (χ1) is 18.1. The fourth-order valence-electron chi connectivity index (χ4n) is 4.04. The van der Waals surface area contributed by atoms with E-state index in [2.05, 4.69) is 10.3 Å². The van der Waals surface area contributed by atoms with E-state index in [9.17, 15) is 28.6 Å². The number of pyridine rings is 1. The molecule has 1 atom stereocenters. The molecule has 0 aliphatic heterocycles.